The van der Waals surface area contributed by atoms with Gasteiger partial charge in [0.05, 0.1) is 13.0 Å². The lowest BCUT2D eigenvalue weighted by atomic mass is 10.0. The maximum Gasteiger partial charge on any atom is 0.316 e. The Bertz CT molecular complexity index is 1010. The largest absolute Gasteiger partial charge is 0.468 e. The molecule has 0 heterocycles. The van der Waals surface area contributed by atoms with Crippen LogP contribution in [0.5, 0.6) is 0 Å². The van der Waals surface area contributed by atoms with Gasteiger partial charge < -0.3 is 9.64 Å². The van der Waals surface area contributed by atoms with Crippen LogP contribution in [0, 0.1) is 17.8 Å². The van der Waals surface area contributed by atoms with Crippen molar-refractivity contribution in [1.82, 2.24) is 4.90 Å². The average Bonchev–Trinajstić information content (AvgIpc) is 3.19. The molecule has 180 valence electrons. The molecule has 2 aliphatic carbocycles. The van der Waals surface area contributed by atoms with E-state index in [1.165, 1.54) is 24.8 Å². The standard InChI is InChI=1S/C30H36FNO2/c1-5-8-10-24(7-3)13-14-25-11-9-12-26(16-15-25)19-21-32(20-6-2)29-18-17-28(31)22-27(23-29)30(33)34-4/h5,7-8,10,15-18,22-23,27H,3,6,9,11-12,19-21H2,1-2,4H3/b8-5-,24-10+. The molecule has 34 heavy (non-hydrogen) atoms. The van der Waals surface area contributed by atoms with E-state index in [-0.39, 0.29) is 0 Å². The number of nitrogens with zero attached hydrogens (tertiary/aromatic N) is 1. The van der Waals surface area contributed by atoms with Gasteiger partial charge in [-0.2, -0.15) is 0 Å². The van der Waals surface area contributed by atoms with Crippen molar-refractivity contribution in [2.24, 2.45) is 5.92 Å². The predicted octanol–water partition coefficient (Wildman–Crippen LogP) is 6.91. The van der Waals surface area contributed by atoms with E-state index in [1.54, 1.807) is 18.2 Å². The lowest BCUT2D eigenvalue weighted by Gasteiger charge is -2.26. The minimum absolute atomic E-state index is 0.427. The smallest absolute Gasteiger partial charge is 0.316 e. The van der Waals surface area contributed by atoms with Gasteiger partial charge in [0.2, 0.25) is 0 Å². The van der Waals surface area contributed by atoms with Crippen LogP contribution < -0.4 is 0 Å². The summed E-state index contributed by atoms with van der Waals surface area (Å²) in [6.45, 7) is 9.55. The van der Waals surface area contributed by atoms with E-state index in [9.17, 15) is 9.18 Å². The van der Waals surface area contributed by atoms with E-state index in [0.717, 1.165) is 62.0 Å². The first-order valence-corrected chi connectivity index (χ1v) is 12.0. The van der Waals surface area contributed by atoms with E-state index in [1.807, 2.05) is 25.2 Å². The van der Waals surface area contributed by atoms with Crippen molar-refractivity contribution in [1.29, 1.82) is 0 Å². The summed E-state index contributed by atoms with van der Waals surface area (Å²) in [6.07, 6.45) is 23.1. The van der Waals surface area contributed by atoms with Crippen LogP contribution in [0.1, 0.15) is 46.0 Å². The molecule has 2 rings (SSSR count). The topological polar surface area (TPSA) is 29.5 Å². The summed E-state index contributed by atoms with van der Waals surface area (Å²) >= 11 is 0. The van der Waals surface area contributed by atoms with Gasteiger partial charge in [0, 0.05) is 29.9 Å². The van der Waals surface area contributed by atoms with E-state index in [0.29, 0.717) is 0 Å². The third-order valence-corrected chi connectivity index (χ3v) is 5.66. The van der Waals surface area contributed by atoms with Gasteiger partial charge in [0.15, 0.2) is 0 Å². The molecule has 0 bridgehead atoms. The molecule has 0 aromatic heterocycles. The molecule has 0 fully saturated rings. The number of carbonyl (C=O) groups excluding carboxylic acids is 1. The zero-order valence-electron chi connectivity index (χ0n) is 20.6. The average molecular weight is 462 g/mol. The van der Waals surface area contributed by atoms with Crippen LogP contribution in [0.25, 0.3) is 0 Å². The van der Waals surface area contributed by atoms with Crippen LogP contribution in [0.4, 0.5) is 4.39 Å². The normalized spacial score (nSPS) is 18.5. The van der Waals surface area contributed by atoms with Crippen LogP contribution in [-0.2, 0) is 9.53 Å². The Kier molecular flexibility index (Phi) is 11.7. The lowest BCUT2D eigenvalue weighted by molar-refractivity contribution is -0.142. The van der Waals surface area contributed by atoms with Crippen molar-refractivity contribution in [2.45, 2.75) is 46.0 Å². The fraction of sp³-hybridized carbons (Fsp3) is 0.367. The van der Waals surface area contributed by atoms with Crippen LogP contribution >= 0.6 is 0 Å². The van der Waals surface area contributed by atoms with Crippen LogP contribution in [0.15, 0.2) is 95.6 Å². The Labute approximate surface area is 204 Å². The highest BCUT2D eigenvalue weighted by Crippen LogP contribution is 2.24. The number of ether oxygens (including phenoxy) is 1. The van der Waals surface area contributed by atoms with Gasteiger partial charge in [-0.25, -0.2) is 4.39 Å². The van der Waals surface area contributed by atoms with Crippen molar-refractivity contribution in [3.05, 3.63) is 95.6 Å². The van der Waals surface area contributed by atoms with E-state index < -0.39 is 17.7 Å². The minimum Gasteiger partial charge on any atom is -0.468 e. The Balaban J connectivity index is 2.13. The summed E-state index contributed by atoms with van der Waals surface area (Å²) < 4.78 is 18.9. The number of methoxy groups -OCH3 is 1. The van der Waals surface area contributed by atoms with Crippen LogP contribution in [0.2, 0.25) is 0 Å². The molecule has 0 aromatic carbocycles. The number of hydrogen-bond donors (Lipinski definition) is 0. The third kappa shape index (κ3) is 8.90. The van der Waals surface area contributed by atoms with Crippen molar-refractivity contribution in [2.75, 3.05) is 20.2 Å². The van der Waals surface area contributed by atoms with Crippen molar-refractivity contribution in [3.63, 3.8) is 0 Å². The second kappa shape index (κ2) is 14.8. The fourth-order valence-electron chi connectivity index (χ4n) is 3.80. The molecule has 3 nitrogen and oxygen atoms in total. The monoisotopic (exact) mass is 461 g/mol. The van der Waals surface area contributed by atoms with E-state index in [2.05, 4.69) is 42.4 Å². The third-order valence-electron chi connectivity index (χ3n) is 5.66. The number of allylic oxidation sites excluding steroid dienone is 11. The highest BCUT2D eigenvalue weighted by atomic mass is 19.1. The summed E-state index contributed by atoms with van der Waals surface area (Å²) in [7, 11) is 1.32. The Morgan fingerprint density at radius 2 is 2.09 bits per heavy atom. The van der Waals surface area contributed by atoms with Crippen molar-refractivity contribution >= 4 is 5.97 Å². The first-order chi connectivity index (χ1) is 16.5. The van der Waals surface area contributed by atoms with Gasteiger partial charge in [0.25, 0.3) is 0 Å². The van der Waals surface area contributed by atoms with Crippen molar-refractivity contribution in [3.8, 4) is 11.8 Å². The molecular weight excluding hydrogens is 425 g/mol. The zero-order valence-corrected chi connectivity index (χ0v) is 20.6. The quantitative estimate of drug-likeness (QED) is 0.212. The molecule has 0 amide bonds. The molecule has 2 aliphatic rings. The molecule has 0 saturated carbocycles. The van der Waals surface area contributed by atoms with Gasteiger partial charge in [-0.15, -0.1) is 0 Å². The summed E-state index contributed by atoms with van der Waals surface area (Å²) in [5.74, 6) is 4.88. The maximum absolute atomic E-state index is 14.0. The Hall–Kier alpha value is -3.32. The molecule has 4 heteroatoms. The molecule has 0 saturated heterocycles. The summed E-state index contributed by atoms with van der Waals surface area (Å²) in [5, 5.41) is 0. The summed E-state index contributed by atoms with van der Waals surface area (Å²) in [4.78, 5) is 14.3. The summed E-state index contributed by atoms with van der Waals surface area (Å²) in [5.41, 5.74) is 4.26. The Morgan fingerprint density at radius 3 is 2.79 bits per heavy atom. The molecule has 0 aliphatic heterocycles. The number of hydrogen-bond acceptors (Lipinski definition) is 3. The lowest BCUT2D eigenvalue weighted by Crippen LogP contribution is -2.26. The number of halogens is 1. The van der Waals surface area contributed by atoms with Gasteiger partial charge in [-0.05, 0) is 69.4 Å². The van der Waals surface area contributed by atoms with E-state index >= 15 is 0 Å². The van der Waals surface area contributed by atoms with Gasteiger partial charge in [-0.1, -0.05) is 61.3 Å². The van der Waals surface area contributed by atoms with Gasteiger partial charge in [-0.3, -0.25) is 4.79 Å². The molecule has 1 atom stereocenters. The second-order valence-corrected chi connectivity index (χ2v) is 8.23. The van der Waals surface area contributed by atoms with Crippen molar-refractivity contribution < 1.29 is 13.9 Å². The zero-order chi connectivity index (χ0) is 24.8. The number of esters is 1. The Morgan fingerprint density at radius 1 is 1.26 bits per heavy atom. The van der Waals surface area contributed by atoms with Gasteiger partial charge >= 0.3 is 5.97 Å². The molecule has 0 aromatic rings. The fourth-order valence-corrected chi connectivity index (χ4v) is 3.80. The number of rotatable bonds is 9. The molecule has 0 spiro atoms. The first-order valence-electron chi connectivity index (χ1n) is 12.0. The highest BCUT2D eigenvalue weighted by molar-refractivity contribution is 5.77. The second-order valence-electron chi connectivity index (χ2n) is 8.23. The molecule has 1 unspecified atom stereocenters. The first kappa shape index (κ1) is 26.9. The molecular formula is C30H36FNO2. The van der Waals surface area contributed by atoms with Crippen LogP contribution in [-0.4, -0.2) is 31.1 Å². The predicted molar refractivity (Wildman–Crippen MR) is 139 cm³/mol. The van der Waals surface area contributed by atoms with Gasteiger partial charge in [0.1, 0.15) is 5.83 Å². The minimum atomic E-state index is -0.724. The highest BCUT2D eigenvalue weighted by Gasteiger charge is 2.20. The molecule has 0 N–H and O–H groups in total. The SMILES string of the molecule is C=C/C(C#CC1=CC=C(CCN(CCC)C2=CC(C(=O)OC)C=C(F)C=C2)CCC1)=C\C=C/C. The molecule has 0 radical (unpaired) electrons. The number of carbonyl (C=O) groups is 1. The van der Waals surface area contributed by atoms with E-state index in [4.69, 9.17) is 4.74 Å². The van der Waals surface area contributed by atoms with Crippen LogP contribution in [0.3, 0.4) is 0 Å². The maximum atomic E-state index is 14.0. The summed E-state index contributed by atoms with van der Waals surface area (Å²) in [6, 6.07) is 0.